The van der Waals surface area contributed by atoms with Gasteiger partial charge in [0.2, 0.25) is 0 Å². The average molecular weight is 294 g/mol. The van der Waals surface area contributed by atoms with Crippen molar-refractivity contribution in [3.8, 4) is 0 Å². The summed E-state index contributed by atoms with van der Waals surface area (Å²) in [5.41, 5.74) is 2.31. The highest BCUT2D eigenvalue weighted by Crippen LogP contribution is 2.25. The molecule has 2 rings (SSSR count). The molecule has 3 N–H and O–H groups in total. The zero-order chi connectivity index (χ0) is 15.2. The summed E-state index contributed by atoms with van der Waals surface area (Å²) in [5.74, 6) is 6.10. The quantitative estimate of drug-likeness (QED) is 0.457. The van der Waals surface area contributed by atoms with Crippen LogP contribution in [-0.2, 0) is 6.54 Å². The normalized spacial score (nSPS) is 16.0. The van der Waals surface area contributed by atoms with Gasteiger partial charge in [-0.05, 0) is 31.7 Å². The molecule has 1 fully saturated rings. The Morgan fingerprint density at radius 1 is 1.52 bits per heavy atom. The van der Waals surface area contributed by atoms with Crippen LogP contribution in [0.4, 0.5) is 0 Å². The van der Waals surface area contributed by atoms with Crippen LogP contribution in [0.15, 0.2) is 10.6 Å². The second-order valence-electron chi connectivity index (χ2n) is 6.24. The van der Waals surface area contributed by atoms with E-state index >= 15 is 0 Å². The molecule has 6 heteroatoms. The predicted octanol–water partition coefficient (Wildman–Crippen LogP) is 2.07. The van der Waals surface area contributed by atoms with Gasteiger partial charge in [0.05, 0.1) is 6.54 Å². The summed E-state index contributed by atoms with van der Waals surface area (Å²) >= 11 is 0. The van der Waals surface area contributed by atoms with Crippen LogP contribution in [0.5, 0.6) is 0 Å². The van der Waals surface area contributed by atoms with E-state index in [-0.39, 0.29) is 5.69 Å². The van der Waals surface area contributed by atoms with Gasteiger partial charge < -0.3 is 4.52 Å². The highest BCUT2D eigenvalue weighted by atomic mass is 16.5. The zero-order valence-electron chi connectivity index (χ0n) is 13.0. The lowest BCUT2D eigenvalue weighted by Gasteiger charge is -2.28. The number of carbonyl (C=O) groups is 1. The van der Waals surface area contributed by atoms with E-state index in [1.807, 2.05) is 0 Å². The van der Waals surface area contributed by atoms with E-state index in [1.54, 1.807) is 6.07 Å². The molecular formula is C15H26N4O2. The molecule has 21 heavy (non-hydrogen) atoms. The lowest BCUT2D eigenvalue weighted by molar-refractivity contribution is 0.0944. The lowest BCUT2D eigenvalue weighted by Crippen LogP contribution is -2.34. The van der Waals surface area contributed by atoms with Gasteiger partial charge in [0.1, 0.15) is 0 Å². The van der Waals surface area contributed by atoms with Gasteiger partial charge in [-0.15, -0.1) is 0 Å². The van der Waals surface area contributed by atoms with E-state index in [0.29, 0.717) is 18.5 Å². The van der Waals surface area contributed by atoms with E-state index in [4.69, 9.17) is 10.4 Å². The Balaban J connectivity index is 1.99. The fourth-order valence-electron chi connectivity index (χ4n) is 2.85. The first kappa shape index (κ1) is 16.0. The van der Waals surface area contributed by atoms with Crippen LogP contribution in [0.1, 0.15) is 62.2 Å². The van der Waals surface area contributed by atoms with E-state index in [2.05, 4.69) is 29.3 Å². The average Bonchev–Trinajstić information content (AvgIpc) is 3.13. The van der Waals surface area contributed by atoms with E-state index in [1.165, 1.54) is 32.1 Å². The van der Waals surface area contributed by atoms with Gasteiger partial charge in [-0.2, -0.15) is 0 Å². The molecule has 0 unspecified atom stereocenters. The lowest BCUT2D eigenvalue weighted by atomic mass is 10.1. The van der Waals surface area contributed by atoms with Crippen LogP contribution in [0.2, 0.25) is 0 Å². The number of hydrogen-bond donors (Lipinski definition) is 2. The molecular weight excluding hydrogens is 268 g/mol. The molecule has 1 aliphatic carbocycles. The maximum atomic E-state index is 11.4. The van der Waals surface area contributed by atoms with Gasteiger partial charge in [0.25, 0.3) is 5.91 Å². The van der Waals surface area contributed by atoms with Crippen LogP contribution in [-0.4, -0.2) is 28.6 Å². The van der Waals surface area contributed by atoms with Crippen molar-refractivity contribution in [2.75, 3.05) is 6.54 Å². The van der Waals surface area contributed by atoms with Crippen molar-refractivity contribution < 1.29 is 9.32 Å². The molecule has 1 saturated carbocycles. The molecule has 0 radical (unpaired) electrons. The molecule has 118 valence electrons. The molecule has 1 aliphatic rings. The second-order valence-corrected chi connectivity index (χ2v) is 6.24. The van der Waals surface area contributed by atoms with Crippen LogP contribution in [0.25, 0.3) is 0 Å². The van der Waals surface area contributed by atoms with Crippen molar-refractivity contribution in [1.82, 2.24) is 15.5 Å². The van der Waals surface area contributed by atoms with Gasteiger partial charge in [-0.25, -0.2) is 5.84 Å². The van der Waals surface area contributed by atoms with Gasteiger partial charge in [-0.1, -0.05) is 31.8 Å². The Morgan fingerprint density at radius 2 is 2.24 bits per heavy atom. The molecule has 1 heterocycles. The third-order valence-corrected chi connectivity index (χ3v) is 4.12. The molecule has 0 spiro atoms. The largest absolute Gasteiger partial charge is 0.359 e. The van der Waals surface area contributed by atoms with Crippen molar-refractivity contribution in [1.29, 1.82) is 0 Å². The van der Waals surface area contributed by atoms with Crippen molar-refractivity contribution in [2.45, 2.75) is 58.5 Å². The molecule has 0 saturated heterocycles. The number of nitrogen functional groups attached to an aromatic ring is 1. The summed E-state index contributed by atoms with van der Waals surface area (Å²) in [4.78, 5) is 13.9. The molecule has 0 aliphatic heterocycles. The molecule has 1 aromatic heterocycles. The van der Waals surface area contributed by atoms with Crippen LogP contribution in [0.3, 0.4) is 0 Å². The Kier molecular flexibility index (Phi) is 5.76. The summed E-state index contributed by atoms with van der Waals surface area (Å²) in [6, 6.07) is 2.31. The predicted molar refractivity (Wildman–Crippen MR) is 80.3 cm³/mol. The Hall–Kier alpha value is -1.40. The summed E-state index contributed by atoms with van der Waals surface area (Å²) in [6.45, 7) is 6.25. The number of hydrazine groups is 1. The van der Waals surface area contributed by atoms with Crippen molar-refractivity contribution in [3.05, 3.63) is 17.5 Å². The smallest absolute Gasteiger partial charge is 0.287 e. The fraction of sp³-hybridized carbons (Fsp3) is 0.733. The summed E-state index contributed by atoms with van der Waals surface area (Å²) in [5, 5.41) is 3.77. The van der Waals surface area contributed by atoms with Crippen LogP contribution >= 0.6 is 0 Å². The molecule has 0 bridgehead atoms. The maximum absolute atomic E-state index is 11.4. The van der Waals surface area contributed by atoms with E-state index in [9.17, 15) is 4.79 Å². The number of carbonyl (C=O) groups excluding carboxylic acids is 1. The Bertz CT molecular complexity index is 452. The number of nitrogens with two attached hydrogens (primary N) is 1. The number of nitrogens with zero attached hydrogens (tertiary/aromatic N) is 2. The van der Waals surface area contributed by atoms with Gasteiger partial charge >= 0.3 is 0 Å². The third-order valence-electron chi connectivity index (χ3n) is 4.12. The highest BCUT2D eigenvalue weighted by Gasteiger charge is 2.24. The topological polar surface area (TPSA) is 84.4 Å². The fourth-order valence-corrected chi connectivity index (χ4v) is 2.85. The maximum Gasteiger partial charge on any atom is 0.287 e. The Labute approximate surface area is 126 Å². The summed E-state index contributed by atoms with van der Waals surface area (Å²) in [6.07, 6.45) is 6.28. The standard InChI is InChI=1S/C15H26N4O2/c1-11(2)7-8-19(12-5-3-4-6-12)10-13-9-14(18-21-13)15(20)17-16/h9,11-12H,3-8,10,16H2,1-2H3,(H,17,20). The number of aromatic nitrogens is 1. The van der Waals surface area contributed by atoms with Crippen LogP contribution < -0.4 is 11.3 Å². The monoisotopic (exact) mass is 294 g/mol. The number of amides is 1. The first-order valence-electron chi connectivity index (χ1n) is 7.80. The molecule has 6 nitrogen and oxygen atoms in total. The third kappa shape index (κ3) is 4.54. The van der Waals surface area contributed by atoms with Gasteiger partial charge in [-0.3, -0.25) is 15.1 Å². The van der Waals surface area contributed by atoms with Crippen LogP contribution in [0, 0.1) is 5.92 Å². The molecule has 1 amide bonds. The summed E-state index contributed by atoms with van der Waals surface area (Å²) < 4.78 is 5.28. The van der Waals surface area contributed by atoms with E-state index < -0.39 is 5.91 Å². The molecule has 1 aromatic rings. The van der Waals surface area contributed by atoms with Gasteiger partial charge in [0, 0.05) is 12.1 Å². The first-order valence-corrected chi connectivity index (χ1v) is 7.80. The minimum absolute atomic E-state index is 0.239. The van der Waals surface area contributed by atoms with Gasteiger partial charge in [0.15, 0.2) is 11.5 Å². The second kappa shape index (κ2) is 7.56. The zero-order valence-corrected chi connectivity index (χ0v) is 13.0. The molecule has 0 aromatic carbocycles. The number of nitrogens with one attached hydrogen (secondary N) is 1. The van der Waals surface area contributed by atoms with Crippen molar-refractivity contribution in [3.63, 3.8) is 0 Å². The number of rotatable bonds is 7. The first-order chi connectivity index (χ1) is 10.1. The van der Waals surface area contributed by atoms with Crippen molar-refractivity contribution in [2.24, 2.45) is 11.8 Å². The highest BCUT2D eigenvalue weighted by molar-refractivity contribution is 5.91. The summed E-state index contributed by atoms with van der Waals surface area (Å²) in [7, 11) is 0. The Morgan fingerprint density at radius 3 is 2.86 bits per heavy atom. The van der Waals surface area contributed by atoms with E-state index in [0.717, 1.165) is 12.3 Å². The van der Waals surface area contributed by atoms with Crippen molar-refractivity contribution >= 4 is 5.91 Å². The minimum atomic E-state index is -0.417. The molecule has 0 atom stereocenters. The SMILES string of the molecule is CC(C)CCN(Cc1cc(C(=O)NN)no1)C1CCCC1. The minimum Gasteiger partial charge on any atom is -0.359 e. The number of hydrogen-bond acceptors (Lipinski definition) is 5.